The first-order valence-electron chi connectivity index (χ1n) is 6.65. The molecule has 19 heavy (non-hydrogen) atoms. The predicted molar refractivity (Wildman–Crippen MR) is 75.6 cm³/mol. The lowest BCUT2D eigenvalue weighted by molar-refractivity contribution is 0.202. The van der Waals surface area contributed by atoms with Crippen molar-refractivity contribution >= 4 is 16.7 Å². The lowest BCUT2D eigenvalue weighted by Crippen LogP contribution is -2.18. The largest absolute Gasteiger partial charge is 0.474 e. The third kappa shape index (κ3) is 2.38. The summed E-state index contributed by atoms with van der Waals surface area (Å²) in [5.41, 5.74) is 7.11. The van der Waals surface area contributed by atoms with E-state index in [4.69, 9.17) is 15.9 Å². The molecule has 1 aromatic heterocycles. The highest BCUT2D eigenvalue weighted by Crippen LogP contribution is 2.27. The molecule has 0 saturated heterocycles. The monoisotopic (exact) mass is 255 g/mol. The van der Waals surface area contributed by atoms with E-state index in [0.717, 1.165) is 23.7 Å². The van der Waals surface area contributed by atoms with Crippen LogP contribution in [0.25, 0.3) is 10.9 Å². The molecule has 0 atom stereocenters. The first kappa shape index (κ1) is 12.0. The molecule has 3 N–H and O–H groups in total. The van der Waals surface area contributed by atoms with Gasteiger partial charge < -0.3 is 10.5 Å². The van der Waals surface area contributed by atoms with Crippen molar-refractivity contribution in [2.75, 3.05) is 0 Å². The van der Waals surface area contributed by atoms with Crippen LogP contribution in [-0.4, -0.2) is 16.9 Å². The maximum atomic E-state index is 7.68. The number of benzene rings is 1. The van der Waals surface area contributed by atoms with Gasteiger partial charge in [0.05, 0.1) is 11.1 Å². The second-order valence-electron chi connectivity index (χ2n) is 4.97. The first-order chi connectivity index (χ1) is 9.24. The lowest BCUT2D eigenvalue weighted by Gasteiger charge is -2.15. The van der Waals surface area contributed by atoms with Gasteiger partial charge in [0.2, 0.25) is 5.88 Å². The third-order valence-corrected chi connectivity index (χ3v) is 3.56. The Hall–Kier alpha value is -2.10. The number of nitrogens with zero attached hydrogens (tertiary/aromatic N) is 1. The van der Waals surface area contributed by atoms with Crippen molar-refractivity contribution in [3.05, 3.63) is 35.9 Å². The molecule has 0 aliphatic heterocycles. The Labute approximate surface area is 112 Å². The SMILES string of the molecule is N=C(N)c1cc2ccccc2nc1OC1CCCC1. The van der Waals surface area contributed by atoms with Crippen molar-refractivity contribution in [1.29, 1.82) is 5.41 Å². The highest BCUT2D eigenvalue weighted by molar-refractivity contribution is 6.00. The number of nitrogens with two attached hydrogens (primary N) is 1. The van der Waals surface area contributed by atoms with Crippen molar-refractivity contribution in [2.24, 2.45) is 5.73 Å². The summed E-state index contributed by atoms with van der Waals surface area (Å²) in [5.74, 6) is 0.504. The number of fused-ring (bicyclic) bond motifs is 1. The van der Waals surface area contributed by atoms with E-state index in [1.807, 2.05) is 30.3 Å². The number of hydrogen-bond acceptors (Lipinski definition) is 3. The Morgan fingerprint density at radius 2 is 2.00 bits per heavy atom. The summed E-state index contributed by atoms with van der Waals surface area (Å²) in [4.78, 5) is 4.52. The molecule has 1 fully saturated rings. The quantitative estimate of drug-likeness (QED) is 0.654. The molecule has 1 aromatic carbocycles. The molecule has 1 heterocycles. The van der Waals surface area contributed by atoms with Gasteiger partial charge in [-0.25, -0.2) is 4.98 Å². The normalized spacial score (nSPS) is 15.8. The molecule has 4 heteroatoms. The Morgan fingerprint density at radius 3 is 2.74 bits per heavy atom. The summed E-state index contributed by atoms with van der Waals surface area (Å²) in [6.07, 6.45) is 4.74. The van der Waals surface area contributed by atoms with Crippen LogP contribution in [0.5, 0.6) is 5.88 Å². The minimum Gasteiger partial charge on any atom is -0.474 e. The standard InChI is InChI=1S/C15H17N3O/c16-14(17)12-9-10-5-1-4-8-13(10)18-15(12)19-11-6-2-3-7-11/h1,4-5,8-9,11H,2-3,6-7H2,(H3,16,17). The lowest BCUT2D eigenvalue weighted by atomic mass is 10.1. The van der Waals surface area contributed by atoms with Crippen LogP contribution in [-0.2, 0) is 0 Å². The molecule has 0 radical (unpaired) electrons. The molecule has 0 unspecified atom stereocenters. The third-order valence-electron chi connectivity index (χ3n) is 3.56. The zero-order valence-corrected chi connectivity index (χ0v) is 10.7. The topological polar surface area (TPSA) is 72.0 Å². The van der Waals surface area contributed by atoms with Gasteiger partial charge in [-0.05, 0) is 37.8 Å². The van der Waals surface area contributed by atoms with Crippen LogP contribution >= 0.6 is 0 Å². The van der Waals surface area contributed by atoms with Gasteiger partial charge in [-0.1, -0.05) is 18.2 Å². The maximum Gasteiger partial charge on any atom is 0.225 e. The number of hydrogen-bond donors (Lipinski definition) is 2. The fourth-order valence-electron chi connectivity index (χ4n) is 2.55. The predicted octanol–water partition coefficient (Wildman–Crippen LogP) is 2.84. The second-order valence-corrected chi connectivity index (χ2v) is 4.97. The molecular formula is C15H17N3O. The van der Waals surface area contributed by atoms with Gasteiger partial charge in [-0.2, -0.15) is 0 Å². The molecule has 1 aliphatic rings. The molecular weight excluding hydrogens is 238 g/mol. The van der Waals surface area contributed by atoms with E-state index in [9.17, 15) is 0 Å². The molecule has 3 rings (SSSR count). The average molecular weight is 255 g/mol. The molecule has 0 bridgehead atoms. The van der Waals surface area contributed by atoms with Gasteiger partial charge in [0.25, 0.3) is 0 Å². The van der Waals surface area contributed by atoms with Gasteiger partial charge >= 0.3 is 0 Å². The number of nitrogens with one attached hydrogen (secondary N) is 1. The van der Waals surface area contributed by atoms with Crippen molar-refractivity contribution < 1.29 is 4.74 Å². The van der Waals surface area contributed by atoms with Crippen LogP contribution in [0.3, 0.4) is 0 Å². The summed E-state index contributed by atoms with van der Waals surface area (Å²) >= 11 is 0. The first-order valence-corrected chi connectivity index (χ1v) is 6.65. The van der Waals surface area contributed by atoms with Crippen LogP contribution in [0.1, 0.15) is 31.2 Å². The van der Waals surface area contributed by atoms with E-state index in [0.29, 0.717) is 11.4 Å². The van der Waals surface area contributed by atoms with Crippen LogP contribution in [0, 0.1) is 5.41 Å². The molecule has 0 spiro atoms. The molecule has 4 nitrogen and oxygen atoms in total. The Kier molecular flexibility index (Phi) is 3.07. The summed E-state index contributed by atoms with van der Waals surface area (Å²) in [7, 11) is 0. The van der Waals surface area contributed by atoms with E-state index in [1.54, 1.807) is 0 Å². The van der Waals surface area contributed by atoms with Gasteiger partial charge in [0.1, 0.15) is 11.9 Å². The van der Waals surface area contributed by atoms with E-state index in [2.05, 4.69) is 4.98 Å². The number of para-hydroxylation sites is 1. The van der Waals surface area contributed by atoms with E-state index < -0.39 is 0 Å². The van der Waals surface area contributed by atoms with Gasteiger partial charge in [0, 0.05) is 5.39 Å². The second kappa shape index (κ2) is 4.88. The summed E-state index contributed by atoms with van der Waals surface area (Å²) in [5, 5.41) is 8.66. The Bertz CT molecular complexity index is 618. The number of nitrogen functional groups attached to an aromatic ring is 1. The van der Waals surface area contributed by atoms with E-state index in [-0.39, 0.29) is 11.9 Å². The molecule has 1 saturated carbocycles. The molecule has 2 aromatic rings. The summed E-state index contributed by atoms with van der Waals surface area (Å²) < 4.78 is 5.94. The zero-order chi connectivity index (χ0) is 13.2. The van der Waals surface area contributed by atoms with Crippen molar-refractivity contribution in [3.8, 4) is 5.88 Å². The smallest absolute Gasteiger partial charge is 0.225 e. The molecule has 98 valence electrons. The van der Waals surface area contributed by atoms with Crippen LogP contribution in [0.4, 0.5) is 0 Å². The van der Waals surface area contributed by atoms with Crippen molar-refractivity contribution in [2.45, 2.75) is 31.8 Å². The number of aromatic nitrogens is 1. The minimum atomic E-state index is 0.00579. The number of ether oxygens (including phenoxy) is 1. The van der Waals surface area contributed by atoms with Gasteiger partial charge in [-0.15, -0.1) is 0 Å². The van der Waals surface area contributed by atoms with Gasteiger partial charge in [0.15, 0.2) is 0 Å². The molecule has 1 aliphatic carbocycles. The minimum absolute atomic E-state index is 0.00579. The highest BCUT2D eigenvalue weighted by Gasteiger charge is 2.20. The average Bonchev–Trinajstić information content (AvgIpc) is 2.90. The number of rotatable bonds is 3. The summed E-state index contributed by atoms with van der Waals surface area (Å²) in [6.45, 7) is 0. The highest BCUT2D eigenvalue weighted by atomic mass is 16.5. The van der Waals surface area contributed by atoms with Crippen LogP contribution in [0.2, 0.25) is 0 Å². The number of amidine groups is 1. The fourth-order valence-corrected chi connectivity index (χ4v) is 2.55. The van der Waals surface area contributed by atoms with E-state index in [1.165, 1.54) is 12.8 Å². The fraction of sp³-hybridized carbons (Fsp3) is 0.333. The van der Waals surface area contributed by atoms with E-state index >= 15 is 0 Å². The molecule has 0 amide bonds. The number of pyridine rings is 1. The summed E-state index contributed by atoms with van der Waals surface area (Å²) in [6, 6.07) is 9.69. The van der Waals surface area contributed by atoms with Crippen molar-refractivity contribution in [3.63, 3.8) is 0 Å². The van der Waals surface area contributed by atoms with Crippen LogP contribution < -0.4 is 10.5 Å². The Morgan fingerprint density at radius 1 is 1.26 bits per heavy atom. The van der Waals surface area contributed by atoms with Gasteiger partial charge in [-0.3, -0.25) is 5.41 Å². The van der Waals surface area contributed by atoms with Crippen LogP contribution in [0.15, 0.2) is 30.3 Å². The Balaban J connectivity index is 2.04. The van der Waals surface area contributed by atoms with Crippen molar-refractivity contribution in [1.82, 2.24) is 4.98 Å². The maximum absolute atomic E-state index is 7.68. The zero-order valence-electron chi connectivity index (χ0n) is 10.7.